The van der Waals surface area contributed by atoms with E-state index >= 15 is 0 Å². The van der Waals surface area contributed by atoms with Crippen molar-refractivity contribution in [3.8, 4) is 0 Å². The second-order valence-corrected chi connectivity index (χ2v) is 4.45. The minimum absolute atomic E-state index is 0.467. The van der Waals surface area contributed by atoms with Gasteiger partial charge in [0.15, 0.2) is 0 Å². The number of nitrogens with zero attached hydrogens (tertiary/aromatic N) is 1. The van der Waals surface area contributed by atoms with Crippen LogP contribution in [0, 0.1) is 5.92 Å². The lowest BCUT2D eigenvalue weighted by molar-refractivity contribution is 0.483. The van der Waals surface area contributed by atoms with Gasteiger partial charge in [0.05, 0.1) is 0 Å². The fourth-order valence-corrected chi connectivity index (χ4v) is 1.74. The average molecular weight is 221 g/mol. The van der Waals surface area contributed by atoms with Gasteiger partial charge in [0, 0.05) is 13.1 Å². The smallest absolute Gasteiger partial charge is 0.128 e. The molecule has 2 unspecified atom stereocenters. The first-order valence-electron chi connectivity index (χ1n) is 6.07. The highest BCUT2D eigenvalue weighted by atomic mass is 15.1. The summed E-state index contributed by atoms with van der Waals surface area (Å²) >= 11 is 0. The van der Waals surface area contributed by atoms with Gasteiger partial charge in [-0.05, 0) is 31.4 Å². The molecule has 0 saturated heterocycles. The van der Waals surface area contributed by atoms with E-state index in [-0.39, 0.29) is 0 Å². The molecule has 1 aromatic heterocycles. The summed E-state index contributed by atoms with van der Waals surface area (Å²) in [5.41, 5.74) is 0. The number of hydrogen-bond acceptors (Lipinski definition) is 3. The fourth-order valence-electron chi connectivity index (χ4n) is 1.74. The highest BCUT2D eigenvalue weighted by Gasteiger charge is 2.07. The van der Waals surface area contributed by atoms with E-state index in [1.807, 2.05) is 25.2 Å². The molecule has 0 bridgehead atoms. The third-order valence-electron chi connectivity index (χ3n) is 2.85. The molecule has 16 heavy (non-hydrogen) atoms. The van der Waals surface area contributed by atoms with Crippen molar-refractivity contribution < 1.29 is 0 Å². The van der Waals surface area contributed by atoms with E-state index in [2.05, 4.69) is 36.4 Å². The van der Waals surface area contributed by atoms with Gasteiger partial charge in [-0.2, -0.15) is 0 Å². The molecule has 0 aromatic carbocycles. The molecule has 0 saturated carbocycles. The molecule has 0 aliphatic carbocycles. The summed E-state index contributed by atoms with van der Waals surface area (Å²) < 4.78 is 0. The highest BCUT2D eigenvalue weighted by molar-refractivity contribution is 5.45. The molecule has 3 heteroatoms. The van der Waals surface area contributed by atoms with Crippen LogP contribution in [0.2, 0.25) is 0 Å². The van der Waals surface area contributed by atoms with Crippen molar-refractivity contribution in [2.45, 2.75) is 39.7 Å². The lowest BCUT2D eigenvalue weighted by Gasteiger charge is -2.18. The molecule has 1 heterocycles. The fraction of sp³-hybridized carbons (Fsp3) is 0.615. The Morgan fingerprint density at radius 1 is 1.25 bits per heavy atom. The van der Waals surface area contributed by atoms with Gasteiger partial charge in [0.1, 0.15) is 11.6 Å². The molecular weight excluding hydrogens is 198 g/mol. The predicted molar refractivity (Wildman–Crippen MR) is 70.9 cm³/mol. The molecule has 2 N–H and O–H groups in total. The Bertz CT molecular complexity index is 312. The van der Waals surface area contributed by atoms with Crippen LogP contribution in [0.3, 0.4) is 0 Å². The van der Waals surface area contributed by atoms with Gasteiger partial charge in [-0.15, -0.1) is 0 Å². The number of hydrogen-bond donors (Lipinski definition) is 2. The van der Waals surface area contributed by atoms with Crippen molar-refractivity contribution >= 4 is 11.6 Å². The largest absolute Gasteiger partial charge is 0.373 e. The van der Waals surface area contributed by atoms with Gasteiger partial charge in [-0.3, -0.25) is 0 Å². The van der Waals surface area contributed by atoms with Crippen LogP contribution in [0.15, 0.2) is 18.2 Å². The molecule has 0 aliphatic heterocycles. The Balaban J connectivity index is 2.51. The summed E-state index contributed by atoms with van der Waals surface area (Å²) in [6, 6.07) is 6.45. The summed E-state index contributed by atoms with van der Waals surface area (Å²) in [4.78, 5) is 4.44. The first-order valence-corrected chi connectivity index (χ1v) is 6.07. The van der Waals surface area contributed by atoms with Crippen molar-refractivity contribution in [2.24, 2.45) is 5.92 Å². The zero-order valence-electron chi connectivity index (χ0n) is 10.7. The van der Waals surface area contributed by atoms with Crippen LogP contribution in [0.25, 0.3) is 0 Å². The van der Waals surface area contributed by atoms with Gasteiger partial charge >= 0.3 is 0 Å². The van der Waals surface area contributed by atoms with Crippen LogP contribution in [0.4, 0.5) is 11.6 Å². The Morgan fingerprint density at radius 3 is 2.56 bits per heavy atom. The molecule has 90 valence electrons. The third-order valence-corrected chi connectivity index (χ3v) is 2.85. The van der Waals surface area contributed by atoms with Gasteiger partial charge in [0.25, 0.3) is 0 Å². The summed E-state index contributed by atoms with van der Waals surface area (Å²) in [5.74, 6) is 2.61. The summed E-state index contributed by atoms with van der Waals surface area (Å²) in [6.07, 6.45) is 2.41. The molecule has 0 amide bonds. The SMILES string of the molecule is CCC(C)CC(C)Nc1cccc(NC)n1. The molecule has 0 fully saturated rings. The Hall–Kier alpha value is -1.25. The van der Waals surface area contributed by atoms with Crippen LogP contribution in [0.5, 0.6) is 0 Å². The van der Waals surface area contributed by atoms with Crippen LogP contribution in [-0.2, 0) is 0 Å². The highest BCUT2D eigenvalue weighted by Crippen LogP contribution is 2.14. The lowest BCUT2D eigenvalue weighted by atomic mass is 10.0. The third kappa shape index (κ3) is 4.09. The minimum Gasteiger partial charge on any atom is -0.373 e. The summed E-state index contributed by atoms with van der Waals surface area (Å²) in [6.45, 7) is 6.73. The van der Waals surface area contributed by atoms with Crippen molar-refractivity contribution in [3.63, 3.8) is 0 Å². The minimum atomic E-state index is 0.467. The number of anilines is 2. The summed E-state index contributed by atoms with van der Waals surface area (Å²) in [5, 5.41) is 6.47. The van der Waals surface area contributed by atoms with E-state index in [4.69, 9.17) is 0 Å². The van der Waals surface area contributed by atoms with Crippen molar-refractivity contribution in [3.05, 3.63) is 18.2 Å². The zero-order chi connectivity index (χ0) is 12.0. The van der Waals surface area contributed by atoms with Gasteiger partial charge in [0.2, 0.25) is 0 Å². The standard InChI is InChI=1S/C13H23N3/c1-5-10(2)9-11(3)15-13-8-6-7-12(14-4)16-13/h6-8,10-11H,5,9H2,1-4H3,(H2,14,15,16). The van der Waals surface area contributed by atoms with E-state index in [0.717, 1.165) is 17.6 Å². The molecule has 0 radical (unpaired) electrons. The lowest BCUT2D eigenvalue weighted by Crippen LogP contribution is -2.19. The monoisotopic (exact) mass is 221 g/mol. The number of nitrogens with one attached hydrogen (secondary N) is 2. The van der Waals surface area contributed by atoms with E-state index in [9.17, 15) is 0 Å². The molecular formula is C13H23N3. The van der Waals surface area contributed by atoms with Crippen molar-refractivity contribution in [1.82, 2.24) is 4.98 Å². The number of pyridine rings is 1. The van der Waals surface area contributed by atoms with Crippen LogP contribution in [0.1, 0.15) is 33.6 Å². The second kappa shape index (κ2) is 6.36. The van der Waals surface area contributed by atoms with E-state index in [1.165, 1.54) is 12.8 Å². The van der Waals surface area contributed by atoms with Crippen LogP contribution in [-0.4, -0.2) is 18.1 Å². The van der Waals surface area contributed by atoms with Crippen LogP contribution < -0.4 is 10.6 Å². The average Bonchev–Trinajstić information content (AvgIpc) is 2.28. The van der Waals surface area contributed by atoms with Gasteiger partial charge < -0.3 is 10.6 Å². The summed E-state index contributed by atoms with van der Waals surface area (Å²) in [7, 11) is 1.88. The van der Waals surface area contributed by atoms with E-state index in [0.29, 0.717) is 6.04 Å². The molecule has 0 aliphatic rings. The molecule has 1 aromatic rings. The van der Waals surface area contributed by atoms with Crippen molar-refractivity contribution in [1.29, 1.82) is 0 Å². The maximum Gasteiger partial charge on any atom is 0.128 e. The maximum absolute atomic E-state index is 4.44. The quantitative estimate of drug-likeness (QED) is 0.773. The predicted octanol–water partition coefficient (Wildman–Crippen LogP) is 3.36. The zero-order valence-corrected chi connectivity index (χ0v) is 10.7. The molecule has 1 rings (SSSR count). The van der Waals surface area contributed by atoms with E-state index in [1.54, 1.807) is 0 Å². The maximum atomic E-state index is 4.44. The normalized spacial score (nSPS) is 14.2. The first-order chi connectivity index (χ1) is 7.65. The molecule has 0 spiro atoms. The second-order valence-electron chi connectivity index (χ2n) is 4.45. The van der Waals surface area contributed by atoms with Gasteiger partial charge in [-0.25, -0.2) is 4.98 Å². The Labute approximate surface area is 98.7 Å². The van der Waals surface area contributed by atoms with Crippen LogP contribution >= 0.6 is 0 Å². The number of rotatable bonds is 6. The number of aromatic nitrogens is 1. The Morgan fingerprint density at radius 2 is 1.94 bits per heavy atom. The Kier molecular flexibility index (Phi) is 5.09. The topological polar surface area (TPSA) is 37.0 Å². The first kappa shape index (κ1) is 12.8. The van der Waals surface area contributed by atoms with Crippen molar-refractivity contribution in [2.75, 3.05) is 17.7 Å². The van der Waals surface area contributed by atoms with Gasteiger partial charge in [-0.1, -0.05) is 26.3 Å². The molecule has 2 atom stereocenters. The molecule has 3 nitrogen and oxygen atoms in total. The van der Waals surface area contributed by atoms with E-state index < -0.39 is 0 Å².